The monoisotopic (exact) mass is 283 g/mol. The SMILES string of the molecule is COc1ccc(C(=O)O)cc1-c1ccc2c(c1)CCCN2. The number of carboxylic acids is 1. The second-order valence-corrected chi connectivity index (χ2v) is 5.12. The summed E-state index contributed by atoms with van der Waals surface area (Å²) in [6, 6.07) is 11.1. The van der Waals surface area contributed by atoms with Crippen LogP contribution >= 0.6 is 0 Å². The fourth-order valence-electron chi connectivity index (χ4n) is 2.71. The van der Waals surface area contributed by atoms with Gasteiger partial charge < -0.3 is 15.2 Å². The molecule has 1 heterocycles. The van der Waals surface area contributed by atoms with Crippen LogP contribution in [0, 0.1) is 0 Å². The smallest absolute Gasteiger partial charge is 0.335 e. The largest absolute Gasteiger partial charge is 0.496 e. The second kappa shape index (κ2) is 5.48. The molecule has 3 rings (SSSR count). The first-order chi connectivity index (χ1) is 10.2. The molecule has 0 unspecified atom stereocenters. The van der Waals surface area contributed by atoms with E-state index in [4.69, 9.17) is 9.84 Å². The van der Waals surface area contributed by atoms with Crippen LogP contribution in [0.5, 0.6) is 5.75 Å². The van der Waals surface area contributed by atoms with E-state index in [0.29, 0.717) is 5.75 Å². The van der Waals surface area contributed by atoms with Crippen LogP contribution in [0.2, 0.25) is 0 Å². The molecule has 0 spiro atoms. The van der Waals surface area contributed by atoms with E-state index in [1.165, 1.54) is 11.3 Å². The third kappa shape index (κ3) is 2.57. The third-order valence-electron chi connectivity index (χ3n) is 3.80. The first kappa shape index (κ1) is 13.5. The summed E-state index contributed by atoms with van der Waals surface area (Å²) in [6.45, 7) is 1.00. The summed E-state index contributed by atoms with van der Waals surface area (Å²) in [5.41, 5.74) is 4.49. The molecule has 0 radical (unpaired) electrons. The molecule has 108 valence electrons. The van der Waals surface area contributed by atoms with Crippen LogP contribution in [0.3, 0.4) is 0 Å². The lowest BCUT2D eigenvalue weighted by molar-refractivity contribution is 0.0697. The standard InChI is InChI=1S/C17H17NO3/c1-21-16-7-5-13(17(19)20)10-14(16)11-4-6-15-12(9-11)3-2-8-18-15/h4-7,9-10,18H,2-3,8H2,1H3,(H,19,20). The van der Waals surface area contributed by atoms with Crippen LogP contribution < -0.4 is 10.1 Å². The molecular weight excluding hydrogens is 266 g/mol. The Bertz CT molecular complexity index is 694. The van der Waals surface area contributed by atoms with Crippen LogP contribution in [0.4, 0.5) is 5.69 Å². The first-order valence-electron chi connectivity index (χ1n) is 6.97. The first-order valence-corrected chi connectivity index (χ1v) is 6.97. The zero-order chi connectivity index (χ0) is 14.8. The molecule has 0 aliphatic carbocycles. The van der Waals surface area contributed by atoms with Gasteiger partial charge in [-0.1, -0.05) is 6.07 Å². The predicted octanol–water partition coefficient (Wildman–Crippen LogP) is 3.42. The number of fused-ring (bicyclic) bond motifs is 1. The van der Waals surface area contributed by atoms with E-state index in [1.54, 1.807) is 25.3 Å². The van der Waals surface area contributed by atoms with Crippen LogP contribution in [0.1, 0.15) is 22.3 Å². The Labute approximate surface area is 123 Å². The van der Waals surface area contributed by atoms with Crippen molar-refractivity contribution < 1.29 is 14.6 Å². The van der Waals surface area contributed by atoms with E-state index in [1.807, 2.05) is 6.07 Å². The Morgan fingerprint density at radius 3 is 2.86 bits per heavy atom. The fourth-order valence-corrected chi connectivity index (χ4v) is 2.71. The molecule has 1 aliphatic heterocycles. The van der Waals surface area contributed by atoms with Crippen molar-refractivity contribution in [3.8, 4) is 16.9 Å². The number of methoxy groups -OCH3 is 1. The lowest BCUT2D eigenvalue weighted by Crippen LogP contribution is -2.11. The van der Waals surface area contributed by atoms with Crippen LogP contribution in [-0.2, 0) is 6.42 Å². The zero-order valence-corrected chi connectivity index (χ0v) is 11.8. The Morgan fingerprint density at radius 1 is 1.24 bits per heavy atom. The molecule has 2 aromatic carbocycles. The minimum absolute atomic E-state index is 0.265. The second-order valence-electron chi connectivity index (χ2n) is 5.12. The van der Waals surface area contributed by atoms with E-state index in [0.717, 1.165) is 30.5 Å². The Kier molecular flexibility index (Phi) is 3.52. The molecule has 0 saturated carbocycles. The van der Waals surface area contributed by atoms with E-state index >= 15 is 0 Å². The number of aromatic carboxylic acids is 1. The maximum Gasteiger partial charge on any atom is 0.335 e. The molecule has 0 saturated heterocycles. The van der Waals surface area contributed by atoms with Gasteiger partial charge in [0.1, 0.15) is 5.75 Å². The van der Waals surface area contributed by atoms with Crippen LogP contribution in [0.15, 0.2) is 36.4 Å². The molecular formula is C17H17NO3. The topological polar surface area (TPSA) is 58.6 Å². The number of benzene rings is 2. The van der Waals surface area contributed by atoms with Crippen molar-refractivity contribution in [3.05, 3.63) is 47.5 Å². The molecule has 0 fully saturated rings. The number of ether oxygens (including phenoxy) is 1. The molecule has 4 nitrogen and oxygen atoms in total. The third-order valence-corrected chi connectivity index (χ3v) is 3.80. The van der Waals surface area contributed by atoms with Gasteiger partial charge in [-0.25, -0.2) is 4.79 Å². The van der Waals surface area contributed by atoms with Gasteiger partial charge in [-0.2, -0.15) is 0 Å². The molecule has 0 atom stereocenters. The molecule has 2 N–H and O–H groups in total. The summed E-state index contributed by atoms with van der Waals surface area (Å²) in [5.74, 6) is -0.248. The molecule has 2 aromatic rings. The van der Waals surface area contributed by atoms with Crippen molar-refractivity contribution in [1.82, 2.24) is 0 Å². The van der Waals surface area contributed by atoms with Crippen LogP contribution in [0.25, 0.3) is 11.1 Å². The highest BCUT2D eigenvalue weighted by atomic mass is 16.5. The zero-order valence-electron chi connectivity index (χ0n) is 11.8. The van der Waals surface area contributed by atoms with Crippen molar-refractivity contribution >= 4 is 11.7 Å². The normalized spacial score (nSPS) is 13.2. The van der Waals surface area contributed by atoms with Crippen molar-refractivity contribution in [2.45, 2.75) is 12.8 Å². The predicted molar refractivity (Wildman–Crippen MR) is 82.2 cm³/mol. The number of hydrogen-bond acceptors (Lipinski definition) is 3. The summed E-state index contributed by atoms with van der Waals surface area (Å²) in [4.78, 5) is 11.2. The van der Waals surface area contributed by atoms with Crippen molar-refractivity contribution in [1.29, 1.82) is 0 Å². The molecule has 4 heteroatoms. The number of rotatable bonds is 3. The van der Waals surface area contributed by atoms with E-state index < -0.39 is 5.97 Å². The number of hydrogen-bond donors (Lipinski definition) is 2. The molecule has 21 heavy (non-hydrogen) atoms. The minimum atomic E-state index is -0.932. The van der Waals surface area contributed by atoms with Gasteiger partial charge in [-0.15, -0.1) is 0 Å². The highest BCUT2D eigenvalue weighted by Crippen LogP contribution is 2.34. The quantitative estimate of drug-likeness (QED) is 0.906. The Balaban J connectivity index is 2.10. The average molecular weight is 283 g/mol. The molecule has 0 bridgehead atoms. The van der Waals surface area contributed by atoms with E-state index in [2.05, 4.69) is 17.4 Å². The summed E-state index contributed by atoms with van der Waals surface area (Å²) in [7, 11) is 1.60. The van der Waals surface area contributed by atoms with Crippen molar-refractivity contribution in [3.63, 3.8) is 0 Å². The van der Waals surface area contributed by atoms with Crippen LogP contribution in [-0.4, -0.2) is 24.7 Å². The maximum absolute atomic E-state index is 11.2. The highest BCUT2D eigenvalue weighted by Gasteiger charge is 2.14. The summed E-state index contributed by atoms with van der Waals surface area (Å²) >= 11 is 0. The lowest BCUT2D eigenvalue weighted by atomic mass is 9.96. The van der Waals surface area contributed by atoms with E-state index in [9.17, 15) is 4.79 Å². The molecule has 0 amide bonds. The maximum atomic E-state index is 11.2. The van der Waals surface area contributed by atoms with Gasteiger partial charge in [-0.05, 0) is 54.3 Å². The van der Waals surface area contributed by atoms with E-state index in [-0.39, 0.29) is 5.56 Å². The number of nitrogens with one attached hydrogen (secondary N) is 1. The number of anilines is 1. The van der Waals surface area contributed by atoms with Gasteiger partial charge >= 0.3 is 5.97 Å². The average Bonchev–Trinajstić information content (AvgIpc) is 2.53. The highest BCUT2D eigenvalue weighted by molar-refractivity contribution is 5.90. The molecule has 1 aliphatic rings. The minimum Gasteiger partial charge on any atom is -0.496 e. The molecule has 0 aromatic heterocycles. The number of carbonyl (C=O) groups is 1. The number of carboxylic acid groups (broad SMARTS) is 1. The lowest BCUT2D eigenvalue weighted by Gasteiger charge is -2.19. The summed E-state index contributed by atoms with van der Waals surface area (Å²) < 4.78 is 5.37. The fraction of sp³-hybridized carbons (Fsp3) is 0.235. The Hall–Kier alpha value is -2.49. The van der Waals surface area contributed by atoms with Crippen molar-refractivity contribution in [2.75, 3.05) is 19.0 Å². The number of aryl methyl sites for hydroxylation is 1. The van der Waals surface area contributed by atoms with Gasteiger partial charge in [0.15, 0.2) is 0 Å². The van der Waals surface area contributed by atoms with Gasteiger partial charge in [-0.3, -0.25) is 0 Å². The van der Waals surface area contributed by atoms with Crippen molar-refractivity contribution in [2.24, 2.45) is 0 Å². The summed E-state index contributed by atoms with van der Waals surface area (Å²) in [5, 5.41) is 12.5. The van der Waals surface area contributed by atoms with Gasteiger partial charge in [0.2, 0.25) is 0 Å². The Morgan fingerprint density at radius 2 is 2.10 bits per heavy atom. The van der Waals surface area contributed by atoms with Gasteiger partial charge in [0.25, 0.3) is 0 Å². The summed E-state index contributed by atoms with van der Waals surface area (Å²) in [6.07, 6.45) is 2.15. The van der Waals surface area contributed by atoms with Gasteiger partial charge in [0.05, 0.1) is 12.7 Å². The van der Waals surface area contributed by atoms with Gasteiger partial charge in [0, 0.05) is 17.8 Å².